The van der Waals surface area contributed by atoms with Gasteiger partial charge in [0, 0.05) is 0 Å². The normalized spacial score (nSPS) is 30.1. The van der Waals surface area contributed by atoms with Gasteiger partial charge in [-0.1, -0.05) is 5.21 Å². The lowest BCUT2D eigenvalue weighted by Gasteiger charge is -2.14. The Morgan fingerprint density at radius 3 is 2.80 bits per heavy atom. The lowest BCUT2D eigenvalue weighted by atomic mass is 10.1. The van der Waals surface area contributed by atoms with Crippen LogP contribution in [0.4, 0.5) is 5.95 Å². The largest absolute Gasteiger partial charge is 0.394 e. The highest BCUT2D eigenvalue weighted by molar-refractivity contribution is 5.69. The molecule has 6 N–H and O–H groups in total. The molecule has 108 valence electrons. The van der Waals surface area contributed by atoms with Crippen molar-refractivity contribution < 1.29 is 20.1 Å². The van der Waals surface area contributed by atoms with Crippen LogP contribution < -0.4 is 11.3 Å². The average Bonchev–Trinajstić information content (AvgIpc) is 2.93. The van der Waals surface area contributed by atoms with Gasteiger partial charge in [-0.15, -0.1) is 5.10 Å². The second-order valence-electron chi connectivity index (χ2n) is 4.39. The van der Waals surface area contributed by atoms with E-state index in [1.807, 2.05) is 0 Å². The smallest absolute Gasteiger partial charge is 0.282 e. The van der Waals surface area contributed by atoms with Crippen molar-refractivity contribution in [2.75, 3.05) is 12.3 Å². The van der Waals surface area contributed by atoms with E-state index in [2.05, 4.69) is 20.3 Å². The van der Waals surface area contributed by atoms with Gasteiger partial charge in [0.25, 0.3) is 5.56 Å². The highest BCUT2D eigenvalue weighted by Gasteiger charge is 2.44. The van der Waals surface area contributed by atoms with E-state index >= 15 is 0 Å². The summed E-state index contributed by atoms with van der Waals surface area (Å²) in [6.45, 7) is -0.475. The molecule has 2 aromatic rings. The van der Waals surface area contributed by atoms with Crippen LogP contribution in [0.25, 0.3) is 11.2 Å². The number of fused-ring (bicyclic) bond motifs is 1. The van der Waals surface area contributed by atoms with Crippen LogP contribution in [0.3, 0.4) is 0 Å². The van der Waals surface area contributed by atoms with Crippen molar-refractivity contribution in [2.24, 2.45) is 0 Å². The second-order valence-corrected chi connectivity index (χ2v) is 4.39. The van der Waals surface area contributed by atoms with E-state index in [0.29, 0.717) is 0 Å². The van der Waals surface area contributed by atoms with Crippen molar-refractivity contribution in [1.82, 2.24) is 25.0 Å². The van der Waals surface area contributed by atoms with Gasteiger partial charge in [0.15, 0.2) is 17.4 Å². The molecule has 2 aromatic heterocycles. The number of nitrogens with one attached hydrogen (secondary N) is 1. The Kier molecular flexibility index (Phi) is 2.90. The summed E-state index contributed by atoms with van der Waals surface area (Å²) in [5.74, 6) is -0.141. The SMILES string of the molecule is Nc1nc2c(nnn2C2O[C@H](CO)[C@@H](O)[C@H]2O)c(=O)[nH]1. The first kappa shape index (κ1) is 12.9. The molecule has 20 heavy (non-hydrogen) atoms. The summed E-state index contributed by atoms with van der Waals surface area (Å²) < 4.78 is 6.33. The Morgan fingerprint density at radius 1 is 1.40 bits per heavy atom. The monoisotopic (exact) mass is 284 g/mol. The molecule has 0 saturated carbocycles. The molecule has 3 heterocycles. The number of ether oxygens (including phenoxy) is 1. The summed E-state index contributed by atoms with van der Waals surface area (Å²) in [4.78, 5) is 17.7. The molecule has 1 aliphatic heterocycles. The molecule has 11 nitrogen and oxygen atoms in total. The van der Waals surface area contributed by atoms with Crippen molar-refractivity contribution in [1.29, 1.82) is 0 Å². The van der Waals surface area contributed by atoms with Gasteiger partial charge in [-0.05, 0) is 0 Å². The van der Waals surface area contributed by atoms with Crippen LogP contribution in [0.1, 0.15) is 6.23 Å². The number of aliphatic hydroxyl groups is 3. The first-order chi connectivity index (χ1) is 9.52. The van der Waals surface area contributed by atoms with Crippen molar-refractivity contribution in [3.63, 3.8) is 0 Å². The summed E-state index contributed by atoms with van der Waals surface area (Å²) >= 11 is 0. The minimum atomic E-state index is -1.35. The summed E-state index contributed by atoms with van der Waals surface area (Å²) in [7, 11) is 0. The molecular formula is C9H12N6O5. The number of H-pyrrole nitrogens is 1. The number of nitrogens with two attached hydrogens (primary N) is 1. The van der Waals surface area contributed by atoms with Crippen molar-refractivity contribution in [3.8, 4) is 0 Å². The quantitative estimate of drug-likeness (QED) is 0.378. The molecule has 1 aliphatic rings. The molecule has 1 unspecified atom stereocenters. The number of nitrogens with zero attached hydrogens (tertiary/aromatic N) is 4. The summed E-state index contributed by atoms with van der Waals surface area (Å²) in [6.07, 6.45) is -4.72. The topological polar surface area (TPSA) is 172 Å². The van der Waals surface area contributed by atoms with E-state index in [4.69, 9.17) is 15.6 Å². The maximum absolute atomic E-state index is 11.6. The average molecular weight is 284 g/mol. The van der Waals surface area contributed by atoms with Crippen molar-refractivity contribution in [2.45, 2.75) is 24.5 Å². The van der Waals surface area contributed by atoms with Crippen molar-refractivity contribution >= 4 is 17.1 Å². The summed E-state index contributed by atoms with van der Waals surface area (Å²) in [5.41, 5.74) is 4.80. The number of hydrogen-bond acceptors (Lipinski definition) is 9. The van der Waals surface area contributed by atoms with E-state index in [1.165, 1.54) is 0 Å². The molecule has 11 heteroatoms. The van der Waals surface area contributed by atoms with Gasteiger partial charge >= 0.3 is 0 Å². The zero-order chi connectivity index (χ0) is 14.4. The maximum Gasteiger partial charge on any atom is 0.282 e. The van der Waals surface area contributed by atoms with Gasteiger partial charge in [-0.3, -0.25) is 9.78 Å². The number of rotatable bonds is 2. The molecule has 0 amide bonds. The zero-order valence-corrected chi connectivity index (χ0v) is 10.0. The van der Waals surface area contributed by atoms with Gasteiger partial charge in [0.05, 0.1) is 6.61 Å². The Hall–Kier alpha value is -2.08. The fourth-order valence-electron chi connectivity index (χ4n) is 2.11. The fraction of sp³-hybridized carbons (Fsp3) is 0.556. The number of hydrogen-bond donors (Lipinski definition) is 5. The molecule has 0 radical (unpaired) electrons. The summed E-state index contributed by atoms with van der Waals surface area (Å²) in [6, 6.07) is 0. The number of aliphatic hydroxyl groups excluding tert-OH is 3. The van der Waals surface area contributed by atoms with Gasteiger partial charge in [-0.2, -0.15) is 9.67 Å². The Morgan fingerprint density at radius 2 is 2.15 bits per heavy atom. The number of aromatic amines is 1. The lowest BCUT2D eigenvalue weighted by molar-refractivity contribution is -0.0574. The maximum atomic E-state index is 11.6. The van der Waals surface area contributed by atoms with E-state index < -0.39 is 36.7 Å². The molecule has 1 saturated heterocycles. The predicted molar refractivity (Wildman–Crippen MR) is 63.4 cm³/mol. The Labute approximate surface area is 110 Å². The van der Waals surface area contributed by atoms with Crippen LogP contribution in [-0.4, -0.2) is 65.2 Å². The minimum Gasteiger partial charge on any atom is -0.394 e. The van der Waals surface area contributed by atoms with E-state index in [1.54, 1.807) is 0 Å². The van der Waals surface area contributed by atoms with Crippen LogP contribution in [0, 0.1) is 0 Å². The van der Waals surface area contributed by atoms with Gasteiger partial charge in [0.2, 0.25) is 5.95 Å². The van der Waals surface area contributed by atoms with E-state index in [9.17, 15) is 15.0 Å². The molecule has 0 bridgehead atoms. The van der Waals surface area contributed by atoms with Crippen LogP contribution in [0.2, 0.25) is 0 Å². The molecular weight excluding hydrogens is 272 g/mol. The number of aromatic nitrogens is 5. The van der Waals surface area contributed by atoms with Gasteiger partial charge in [0.1, 0.15) is 18.3 Å². The highest BCUT2D eigenvalue weighted by Crippen LogP contribution is 2.29. The third kappa shape index (κ3) is 1.76. The highest BCUT2D eigenvalue weighted by atomic mass is 16.6. The third-order valence-electron chi connectivity index (χ3n) is 3.11. The molecule has 0 aromatic carbocycles. The van der Waals surface area contributed by atoms with Crippen LogP contribution in [0.15, 0.2) is 4.79 Å². The predicted octanol–water partition coefficient (Wildman–Crippen LogP) is -3.29. The number of anilines is 1. The summed E-state index contributed by atoms with van der Waals surface area (Å²) in [5, 5.41) is 36.0. The van der Waals surface area contributed by atoms with Gasteiger partial charge in [-0.25, -0.2) is 0 Å². The van der Waals surface area contributed by atoms with Crippen LogP contribution in [-0.2, 0) is 4.74 Å². The van der Waals surface area contributed by atoms with E-state index in [0.717, 1.165) is 4.68 Å². The zero-order valence-electron chi connectivity index (χ0n) is 10.0. The number of nitrogen functional groups attached to an aromatic ring is 1. The van der Waals surface area contributed by atoms with Crippen LogP contribution in [0.5, 0.6) is 0 Å². The van der Waals surface area contributed by atoms with Crippen molar-refractivity contribution in [3.05, 3.63) is 10.4 Å². The third-order valence-corrected chi connectivity index (χ3v) is 3.11. The second kappa shape index (κ2) is 4.49. The standard InChI is InChI=1S/C9H12N6O5/c10-9-11-6-3(7(19)12-9)13-14-15(6)8-5(18)4(17)2(1-16)20-8/h2,4-5,8,16-18H,1H2,(H3,10,11,12,19)/t2-,4-,5-,8?/m1/s1. The molecule has 0 aliphatic carbocycles. The lowest BCUT2D eigenvalue weighted by Crippen LogP contribution is -2.33. The molecule has 1 fully saturated rings. The Bertz CT molecular complexity index is 698. The minimum absolute atomic E-state index is 0.0149. The first-order valence-electron chi connectivity index (χ1n) is 5.76. The Balaban J connectivity index is 2.09. The van der Waals surface area contributed by atoms with Crippen LogP contribution >= 0.6 is 0 Å². The van der Waals surface area contributed by atoms with Gasteiger partial charge < -0.3 is 25.8 Å². The van der Waals surface area contributed by atoms with E-state index in [-0.39, 0.29) is 17.1 Å². The molecule has 3 rings (SSSR count). The first-order valence-corrected chi connectivity index (χ1v) is 5.76. The molecule has 0 spiro atoms. The molecule has 4 atom stereocenters. The fourth-order valence-corrected chi connectivity index (χ4v) is 2.11.